The molecule has 1 aromatic carbocycles. The van der Waals surface area contributed by atoms with Crippen LogP contribution in [0.25, 0.3) is 0 Å². The van der Waals surface area contributed by atoms with Crippen molar-refractivity contribution >= 4 is 0 Å². The highest BCUT2D eigenvalue weighted by Gasteiger charge is 2.17. The molecule has 1 fully saturated rings. The van der Waals surface area contributed by atoms with Crippen LogP contribution in [0.4, 0.5) is 0 Å². The SMILES string of the molecule is CCNC(CCC1CCCO1)Cc1cccc(OC)c1. The number of methoxy groups -OCH3 is 1. The van der Waals surface area contributed by atoms with Crippen molar-refractivity contribution in [2.75, 3.05) is 20.3 Å². The summed E-state index contributed by atoms with van der Waals surface area (Å²) in [5.41, 5.74) is 1.34. The Morgan fingerprint density at radius 3 is 3.05 bits per heavy atom. The molecule has 0 saturated carbocycles. The lowest BCUT2D eigenvalue weighted by Gasteiger charge is -2.20. The Kier molecular flexibility index (Phi) is 6.34. The lowest BCUT2D eigenvalue weighted by Crippen LogP contribution is -2.32. The normalized spacial score (nSPS) is 20.0. The fourth-order valence-corrected chi connectivity index (χ4v) is 2.91. The Bertz CT molecular complexity index is 388. The second-order valence-corrected chi connectivity index (χ2v) is 5.52. The highest BCUT2D eigenvalue weighted by Crippen LogP contribution is 2.20. The molecule has 3 nitrogen and oxygen atoms in total. The Morgan fingerprint density at radius 1 is 1.45 bits per heavy atom. The van der Waals surface area contributed by atoms with Gasteiger partial charge >= 0.3 is 0 Å². The van der Waals surface area contributed by atoms with Gasteiger partial charge < -0.3 is 14.8 Å². The molecule has 20 heavy (non-hydrogen) atoms. The first-order valence-corrected chi connectivity index (χ1v) is 7.79. The molecular weight excluding hydrogens is 250 g/mol. The fraction of sp³-hybridized carbons (Fsp3) is 0.647. The van der Waals surface area contributed by atoms with Crippen LogP contribution >= 0.6 is 0 Å². The zero-order valence-electron chi connectivity index (χ0n) is 12.7. The van der Waals surface area contributed by atoms with E-state index < -0.39 is 0 Å². The lowest BCUT2D eigenvalue weighted by molar-refractivity contribution is 0.0996. The maximum absolute atomic E-state index is 5.72. The minimum absolute atomic E-state index is 0.487. The minimum Gasteiger partial charge on any atom is -0.497 e. The van der Waals surface area contributed by atoms with Crippen LogP contribution in [-0.4, -0.2) is 32.4 Å². The molecule has 1 N–H and O–H groups in total. The van der Waals surface area contributed by atoms with Gasteiger partial charge in [0, 0.05) is 12.6 Å². The third-order valence-electron chi connectivity index (χ3n) is 3.97. The molecule has 1 aliphatic heterocycles. The number of likely N-dealkylation sites (N-methyl/N-ethyl adjacent to an activating group) is 1. The van der Waals surface area contributed by atoms with E-state index in [9.17, 15) is 0 Å². The maximum Gasteiger partial charge on any atom is 0.119 e. The van der Waals surface area contributed by atoms with Crippen LogP contribution < -0.4 is 10.1 Å². The van der Waals surface area contributed by atoms with Gasteiger partial charge in [0.05, 0.1) is 13.2 Å². The predicted octanol–water partition coefficient (Wildman–Crippen LogP) is 3.18. The number of rotatable bonds is 8. The third kappa shape index (κ3) is 4.80. The summed E-state index contributed by atoms with van der Waals surface area (Å²) in [5.74, 6) is 0.942. The molecular formula is C17H27NO2. The van der Waals surface area contributed by atoms with E-state index in [0.29, 0.717) is 12.1 Å². The van der Waals surface area contributed by atoms with E-state index in [-0.39, 0.29) is 0 Å². The van der Waals surface area contributed by atoms with Gasteiger partial charge in [-0.1, -0.05) is 19.1 Å². The van der Waals surface area contributed by atoms with E-state index in [1.54, 1.807) is 7.11 Å². The summed E-state index contributed by atoms with van der Waals surface area (Å²) in [5, 5.41) is 3.60. The first-order valence-electron chi connectivity index (χ1n) is 7.79. The van der Waals surface area contributed by atoms with E-state index in [1.807, 2.05) is 6.07 Å². The number of nitrogens with one attached hydrogen (secondary N) is 1. The van der Waals surface area contributed by atoms with Crippen molar-refractivity contribution in [3.8, 4) is 5.75 Å². The molecule has 2 rings (SSSR count). The molecule has 3 heteroatoms. The smallest absolute Gasteiger partial charge is 0.119 e. The fourth-order valence-electron chi connectivity index (χ4n) is 2.91. The largest absolute Gasteiger partial charge is 0.497 e. The topological polar surface area (TPSA) is 30.5 Å². The minimum atomic E-state index is 0.487. The Labute approximate surface area is 122 Å². The van der Waals surface area contributed by atoms with Crippen molar-refractivity contribution in [1.29, 1.82) is 0 Å². The zero-order valence-corrected chi connectivity index (χ0v) is 12.7. The molecule has 0 bridgehead atoms. The standard InChI is InChI=1S/C17H27NO2/c1-3-18-15(9-10-16-8-5-11-20-16)12-14-6-4-7-17(13-14)19-2/h4,6-7,13,15-16,18H,3,5,8-12H2,1-2H3. The van der Waals surface area contributed by atoms with Gasteiger partial charge in [0.15, 0.2) is 0 Å². The molecule has 1 saturated heterocycles. The Morgan fingerprint density at radius 2 is 2.35 bits per heavy atom. The number of benzene rings is 1. The van der Waals surface area contributed by atoms with Crippen molar-refractivity contribution in [3.63, 3.8) is 0 Å². The highest BCUT2D eigenvalue weighted by molar-refractivity contribution is 5.28. The van der Waals surface area contributed by atoms with E-state index in [4.69, 9.17) is 9.47 Å². The second-order valence-electron chi connectivity index (χ2n) is 5.52. The molecule has 1 heterocycles. The van der Waals surface area contributed by atoms with Gasteiger partial charge in [-0.3, -0.25) is 0 Å². The van der Waals surface area contributed by atoms with Crippen LogP contribution in [-0.2, 0) is 11.2 Å². The van der Waals surface area contributed by atoms with Gasteiger partial charge in [-0.25, -0.2) is 0 Å². The summed E-state index contributed by atoms with van der Waals surface area (Å²) in [4.78, 5) is 0. The van der Waals surface area contributed by atoms with Gasteiger partial charge in [0.1, 0.15) is 5.75 Å². The first-order chi connectivity index (χ1) is 9.81. The molecule has 0 amide bonds. The van der Waals surface area contributed by atoms with Crippen molar-refractivity contribution < 1.29 is 9.47 Å². The van der Waals surface area contributed by atoms with Crippen LogP contribution in [0.3, 0.4) is 0 Å². The quantitative estimate of drug-likeness (QED) is 0.791. The van der Waals surface area contributed by atoms with Crippen LogP contribution in [0.2, 0.25) is 0 Å². The lowest BCUT2D eigenvalue weighted by atomic mass is 9.99. The van der Waals surface area contributed by atoms with Gasteiger partial charge in [-0.05, 0) is 56.3 Å². The average molecular weight is 277 g/mol. The average Bonchev–Trinajstić information content (AvgIpc) is 2.98. The summed E-state index contributed by atoms with van der Waals surface area (Å²) in [6.45, 7) is 4.14. The molecule has 1 aromatic rings. The van der Waals surface area contributed by atoms with Crippen LogP contribution in [0, 0.1) is 0 Å². The first kappa shape index (κ1) is 15.3. The Balaban J connectivity index is 1.86. The molecule has 2 unspecified atom stereocenters. The van der Waals surface area contributed by atoms with Crippen molar-refractivity contribution in [2.24, 2.45) is 0 Å². The van der Waals surface area contributed by atoms with Crippen LogP contribution in [0.15, 0.2) is 24.3 Å². The van der Waals surface area contributed by atoms with E-state index in [0.717, 1.165) is 25.3 Å². The van der Waals surface area contributed by atoms with E-state index >= 15 is 0 Å². The molecule has 0 aromatic heterocycles. The summed E-state index contributed by atoms with van der Waals surface area (Å²) in [7, 11) is 1.72. The van der Waals surface area contributed by atoms with Crippen LogP contribution in [0.5, 0.6) is 5.75 Å². The molecule has 1 aliphatic rings. The van der Waals surface area contributed by atoms with Crippen LogP contribution in [0.1, 0.15) is 38.2 Å². The molecule has 112 valence electrons. The summed E-state index contributed by atoms with van der Waals surface area (Å²) >= 11 is 0. The number of hydrogen-bond donors (Lipinski definition) is 1. The number of hydrogen-bond acceptors (Lipinski definition) is 3. The highest BCUT2D eigenvalue weighted by atomic mass is 16.5. The number of ether oxygens (including phenoxy) is 2. The molecule has 0 spiro atoms. The van der Waals surface area contributed by atoms with Crippen molar-refractivity contribution in [3.05, 3.63) is 29.8 Å². The summed E-state index contributed by atoms with van der Waals surface area (Å²) < 4.78 is 11.0. The maximum atomic E-state index is 5.72. The summed E-state index contributed by atoms with van der Waals surface area (Å²) in [6, 6.07) is 8.90. The van der Waals surface area contributed by atoms with Gasteiger partial charge in [0.2, 0.25) is 0 Å². The monoisotopic (exact) mass is 277 g/mol. The third-order valence-corrected chi connectivity index (χ3v) is 3.97. The van der Waals surface area contributed by atoms with E-state index in [2.05, 4.69) is 30.4 Å². The zero-order chi connectivity index (χ0) is 14.2. The molecule has 2 atom stereocenters. The molecule has 0 aliphatic carbocycles. The van der Waals surface area contributed by atoms with Crippen molar-refractivity contribution in [1.82, 2.24) is 5.32 Å². The van der Waals surface area contributed by atoms with Gasteiger partial charge in [0.25, 0.3) is 0 Å². The summed E-state index contributed by atoms with van der Waals surface area (Å²) in [6.07, 6.45) is 6.35. The Hall–Kier alpha value is -1.06. The molecule has 0 radical (unpaired) electrons. The van der Waals surface area contributed by atoms with E-state index in [1.165, 1.54) is 31.2 Å². The van der Waals surface area contributed by atoms with Gasteiger partial charge in [-0.15, -0.1) is 0 Å². The van der Waals surface area contributed by atoms with Gasteiger partial charge in [-0.2, -0.15) is 0 Å². The van der Waals surface area contributed by atoms with Crippen molar-refractivity contribution in [2.45, 2.75) is 51.2 Å². The predicted molar refractivity (Wildman–Crippen MR) is 82.4 cm³/mol. The second kappa shape index (κ2) is 8.28.